The summed E-state index contributed by atoms with van der Waals surface area (Å²) in [5.74, 6) is -0.645. The van der Waals surface area contributed by atoms with E-state index in [0.717, 1.165) is 5.57 Å². The van der Waals surface area contributed by atoms with Crippen LogP contribution in [0.2, 0.25) is 0 Å². The highest BCUT2D eigenvalue weighted by molar-refractivity contribution is 5.95. The zero-order valence-electron chi connectivity index (χ0n) is 9.21. The van der Waals surface area contributed by atoms with Gasteiger partial charge in [-0.25, -0.2) is 4.79 Å². The molecule has 1 unspecified atom stereocenters. The van der Waals surface area contributed by atoms with Crippen LogP contribution in [0.1, 0.15) is 20.3 Å². The standard InChI is InChI=1S/C11H13N3O2/c1-7-5-9(11(15)16)10(6-8(7)2)14-12-3-4-13-14/h3-4,6-7H,5H2,1-2H3,(H,15,16). The van der Waals surface area contributed by atoms with Gasteiger partial charge in [0.15, 0.2) is 0 Å². The predicted octanol–water partition coefficient (Wildman–Crippen LogP) is 1.56. The van der Waals surface area contributed by atoms with Crippen molar-refractivity contribution in [3.05, 3.63) is 29.6 Å². The Morgan fingerprint density at radius 1 is 1.50 bits per heavy atom. The highest BCUT2D eigenvalue weighted by Gasteiger charge is 2.23. The molecule has 0 aromatic carbocycles. The third-order valence-corrected chi connectivity index (χ3v) is 2.85. The van der Waals surface area contributed by atoms with Gasteiger partial charge in [0.2, 0.25) is 0 Å². The van der Waals surface area contributed by atoms with Gasteiger partial charge in [-0.1, -0.05) is 12.5 Å². The number of hydrogen-bond acceptors (Lipinski definition) is 3. The third-order valence-electron chi connectivity index (χ3n) is 2.85. The van der Waals surface area contributed by atoms with Crippen LogP contribution in [0.25, 0.3) is 5.70 Å². The number of rotatable bonds is 2. The Morgan fingerprint density at radius 3 is 2.69 bits per heavy atom. The lowest BCUT2D eigenvalue weighted by Crippen LogP contribution is -2.17. The minimum Gasteiger partial charge on any atom is -0.478 e. The third kappa shape index (κ3) is 1.76. The van der Waals surface area contributed by atoms with E-state index in [2.05, 4.69) is 10.2 Å². The van der Waals surface area contributed by atoms with Crippen LogP contribution in [0, 0.1) is 5.92 Å². The number of hydrogen-bond donors (Lipinski definition) is 1. The molecule has 0 fully saturated rings. The van der Waals surface area contributed by atoms with Crippen LogP contribution in [0.4, 0.5) is 0 Å². The fourth-order valence-electron chi connectivity index (χ4n) is 1.73. The zero-order chi connectivity index (χ0) is 11.7. The summed E-state index contributed by atoms with van der Waals surface area (Å²) in [7, 11) is 0. The van der Waals surface area contributed by atoms with E-state index in [1.807, 2.05) is 19.9 Å². The molecule has 1 N–H and O–H groups in total. The van der Waals surface area contributed by atoms with E-state index in [1.54, 1.807) is 0 Å². The van der Waals surface area contributed by atoms with Gasteiger partial charge in [-0.2, -0.15) is 15.0 Å². The minimum absolute atomic E-state index is 0.255. The van der Waals surface area contributed by atoms with E-state index in [1.165, 1.54) is 17.2 Å². The van der Waals surface area contributed by atoms with E-state index in [4.69, 9.17) is 5.11 Å². The smallest absolute Gasteiger partial charge is 0.333 e. The molecule has 1 aliphatic rings. The number of nitrogens with zero attached hydrogens (tertiary/aromatic N) is 3. The summed E-state index contributed by atoms with van der Waals surface area (Å²) in [6.07, 6.45) is 5.44. The van der Waals surface area contributed by atoms with Gasteiger partial charge in [0.25, 0.3) is 0 Å². The van der Waals surface area contributed by atoms with Crippen molar-refractivity contribution in [3.8, 4) is 0 Å². The second-order valence-corrected chi connectivity index (χ2v) is 3.98. The van der Waals surface area contributed by atoms with Crippen molar-refractivity contribution in [2.75, 3.05) is 0 Å². The van der Waals surface area contributed by atoms with Gasteiger partial charge in [-0.05, 0) is 25.3 Å². The van der Waals surface area contributed by atoms with Crippen molar-refractivity contribution in [1.29, 1.82) is 0 Å². The highest BCUT2D eigenvalue weighted by atomic mass is 16.4. The van der Waals surface area contributed by atoms with Gasteiger partial charge in [-0.3, -0.25) is 0 Å². The Hall–Kier alpha value is -1.91. The van der Waals surface area contributed by atoms with Crippen molar-refractivity contribution in [2.45, 2.75) is 20.3 Å². The number of aromatic nitrogens is 3. The van der Waals surface area contributed by atoms with Crippen LogP contribution in [0.3, 0.4) is 0 Å². The second-order valence-electron chi connectivity index (χ2n) is 3.98. The normalized spacial score (nSPS) is 20.9. The van der Waals surface area contributed by atoms with Gasteiger partial charge in [0, 0.05) is 0 Å². The second kappa shape index (κ2) is 3.92. The Balaban J connectivity index is 2.53. The fraction of sp³-hybridized carbons (Fsp3) is 0.364. The molecule has 1 aromatic rings. The summed E-state index contributed by atoms with van der Waals surface area (Å²) in [6, 6.07) is 0. The van der Waals surface area contributed by atoms with Gasteiger partial charge in [0.1, 0.15) is 0 Å². The van der Waals surface area contributed by atoms with E-state index < -0.39 is 5.97 Å². The monoisotopic (exact) mass is 219 g/mol. The van der Waals surface area contributed by atoms with Crippen LogP contribution >= 0.6 is 0 Å². The van der Waals surface area contributed by atoms with Gasteiger partial charge < -0.3 is 5.11 Å². The maximum Gasteiger partial charge on any atom is 0.333 e. The number of allylic oxidation sites excluding steroid dienone is 3. The first-order chi connectivity index (χ1) is 7.59. The SMILES string of the molecule is CC1=CC(n2nccn2)=C(C(=O)O)CC1C. The Bertz CT molecular complexity index is 471. The summed E-state index contributed by atoms with van der Waals surface area (Å²) in [6.45, 7) is 4.01. The lowest BCUT2D eigenvalue weighted by molar-refractivity contribution is -0.132. The van der Waals surface area contributed by atoms with E-state index in [9.17, 15) is 4.79 Å². The molecular weight excluding hydrogens is 206 g/mol. The van der Waals surface area contributed by atoms with Gasteiger partial charge in [-0.15, -0.1) is 0 Å². The molecule has 1 aliphatic carbocycles. The maximum absolute atomic E-state index is 11.2. The molecule has 2 rings (SSSR count). The Kier molecular flexibility index (Phi) is 2.60. The number of carboxylic acids is 1. The molecule has 0 saturated heterocycles. The summed E-state index contributed by atoms with van der Waals surface area (Å²) in [5, 5.41) is 17.1. The van der Waals surface area contributed by atoms with Crippen molar-refractivity contribution in [3.63, 3.8) is 0 Å². The maximum atomic E-state index is 11.2. The molecule has 1 atom stereocenters. The number of carbonyl (C=O) groups is 1. The summed E-state index contributed by atoms with van der Waals surface area (Å²) in [5.41, 5.74) is 2.08. The summed E-state index contributed by atoms with van der Waals surface area (Å²) < 4.78 is 0. The first kappa shape index (κ1) is 10.6. The number of carboxylic acid groups (broad SMARTS) is 1. The molecule has 0 amide bonds. The molecule has 5 heteroatoms. The van der Waals surface area contributed by atoms with Crippen molar-refractivity contribution in [1.82, 2.24) is 15.0 Å². The lowest BCUT2D eigenvalue weighted by Gasteiger charge is -2.20. The number of aliphatic carboxylic acids is 1. The average Bonchev–Trinajstić information content (AvgIpc) is 2.74. The van der Waals surface area contributed by atoms with E-state index in [-0.39, 0.29) is 5.92 Å². The highest BCUT2D eigenvalue weighted by Crippen LogP contribution is 2.30. The first-order valence-electron chi connectivity index (χ1n) is 5.11. The zero-order valence-corrected chi connectivity index (χ0v) is 9.21. The molecule has 5 nitrogen and oxygen atoms in total. The molecule has 16 heavy (non-hydrogen) atoms. The summed E-state index contributed by atoms with van der Waals surface area (Å²) in [4.78, 5) is 12.5. The van der Waals surface area contributed by atoms with E-state index >= 15 is 0 Å². The van der Waals surface area contributed by atoms with Crippen molar-refractivity contribution >= 4 is 11.7 Å². The molecule has 0 saturated carbocycles. The molecule has 0 aliphatic heterocycles. The van der Waals surface area contributed by atoms with Crippen LogP contribution in [0.5, 0.6) is 0 Å². The van der Waals surface area contributed by atoms with Crippen LogP contribution < -0.4 is 0 Å². The molecule has 1 heterocycles. The van der Waals surface area contributed by atoms with Gasteiger partial charge in [0.05, 0.1) is 23.7 Å². The van der Waals surface area contributed by atoms with Crippen molar-refractivity contribution in [2.24, 2.45) is 5.92 Å². The molecule has 0 radical (unpaired) electrons. The molecule has 0 spiro atoms. The fourth-order valence-corrected chi connectivity index (χ4v) is 1.73. The van der Waals surface area contributed by atoms with Crippen LogP contribution in [-0.4, -0.2) is 26.1 Å². The van der Waals surface area contributed by atoms with Gasteiger partial charge >= 0.3 is 5.97 Å². The van der Waals surface area contributed by atoms with Crippen LogP contribution in [0.15, 0.2) is 29.6 Å². The first-order valence-corrected chi connectivity index (χ1v) is 5.11. The lowest BCUT2D eigenvalue weighted by atomic mass is 9.88. The molecular formula is C11H13N3O2. The predicted molar refractivity (Wildman–Crippen MR) is 58.4 cm³/mol. The average molecular weight is 219 g/mol. The van der Waals surface area contributed by atoms with E-state index in [0.29, 0.717) is 17.7 Å². The summed E-state index contributed by atoms with van der Waals surface area (Å²) >= 11 is 0. The van der Waals surface area contributed by atoms with Crippen LogP contribution in [-0.2, 0) is 4.79 Å². The Morgan fingerprint density at radius 2 is 2.12 bits per heavy atom. The Labute approximate surface area is 93.1 Å². The van der Waals surface area contributed by atoms with Crippen molar-refractivity contribution < 1.29 is 9.90 Å². The minimum atomic E-state index is -0.900. The molecule has 0 bridgehead atoms. The largest absolute Gasteiger partial charge is 0.478 e. The quantitative estimate of drug-likeness (QED) is 0.819. The molecule has 84 valence electrons. The topological polar surface area (TPSA) is 68.0 Å². The molecule has 1 aromatic heterocycles.